The summed E-state index contributed by atoms with van der Waals surface area (Å²) in [4.78, 5) is 30.5. The molecule has 0 spiro atoms. The van der Waals surface area contributed by atoms with Crippen molar-refractivity contribution in [2.75, 3.05) is 18.0 Å². The maximum atomic E-state index is 12.6. The second-order valence-corrected chi connectivity index (χ2v) is 8.05. The largest absolute Gasteiger partial charge is 0.371 e. The van der Waals surface area contributed by atoms with Crippen LogP contribution in [0.3, 0.4) is 0 Å². The van der Waals surface area contributed by atoms with Crippen LogP contribution in [0.2, 0.25) is 0 Å². The molecule has 7 heteroatoms. The highest BCUT2D eigenvalue weighted by Gasteiger charge is 2.27. The number of primary amides is 1. The molecule has 3 N–H and O–H groups in total. The predicted molar refractivity (Wildman–Crippen MR) is 103 cm³/mol. The highest BCUT2D eigenvalue weighted by atomic mass is 32.1. The van der Waals surface area contributed by atoms with Crippen LogP contribution in [0.4, 0.5) is 5.69 Å². The standard InChI is InChI=1S/C19H24N4O2S/c1-19(2,18-21-9-11-26-18)22-17(25)13-5-7-15(8-6-13)23-10-3-4-14(12-23)16(20)24/h5-9,11,14H,3-4,10,12H2,1-2H3,(H2,20,24)(H,22,25). The molecule has 0 radical (unpaired) electrons. The van der Waals surface area contributed by atoms with Gasteiger partial charge in [0.1, 0.15) is 5.01 Å². The van der Waals surface area contributed by atoms with Crippen LogP contribution < -0.4 is 16.0 Å². The van der Waals surface area contributed by atoms with E-state index in [-0.39, 0.29) is 17.7 Å². The lowest BCUT2D eigenvalue weighted by molar-refractivity contribution is -0.122. The second kappa shape index (κ2) is 7.45. The number of nitrogens with two attached hydrogens (primary N) is 1. The molecule has 2 amide bonds. The predicted octanol–water partition coefficient (Wildman–Crippen LogP) is 2.51. The van der Waals surface area contributed by atoms with E-state index in [1.807, 2.05) is 43.5 Å². The fourth-order valence-electron chi connectivity index (χ4n) is 3.21. The van der Waals surface area contributed by atoms with Crippen molar-refractivity contribution in [2.45, 2.75) is 32.2 Å². The van der Waals surface area contributed by atoms with Gasteiger partial charge in [0.15, 0.2) is 0 Å². The van der Waals surface area contributed by atoms with Crippen molar-refractivity contribution < 1.29 is 9.59 Å². The highest BCUT2D eigenvalue weighted by molar-refractivity contribution is 7.09. The quantitative estimate of drug-likeness (QED) is 0.844. The normalized spacial score (nSPS) is 17.8. The summed E-state index contributed by atoms with van der Waals surface area (Å²) >= 11 is 1.52. The van der Waals surface area contributed by atoms with Crippen LogP contribution in [0.1, 0.15) is 42.1 Å². The molecule has 0 aliphatic carbocycles. The Hall–Kier alpha value is -2.41. The summed E-state index contributed by atoms with van der Waals surface area (Å²) in [6, 6.07) is 7.48. The van der Waals surface area contributed by atoms with E-state index in [2.05, 4.69) is 15.2 Å². The Morgan fingerprint density at radius 3 is 2.65 bits per heavy atom. The molecule has 138 valence electrons. The van der Waals surface area contributed by atoms with Gasteiger partial charge in [-0.2, -0.15) is 0 Å². The maximum Gasteiger partial charge on any atom is 0.252 e. The van der Waals surface area contributed by atoms with Crippen LogP contribution in [0, 0.1) is 5.92 Å². The van der Waals surface area contributed by atoms with Crippen LogP contribution in [0.15, 0.2) is 35.8 Å². The molecule has 1 fully saturated rings. The lowest BCUT2D eigenvalue weighted by Crippen LogP contribution is -2.41. The number of piperidine rings is 1. The van der Waals surface area contributed by atoms with E-state index < -0.39 is 5.54 Å². The molecule has 1 saturated heterocycles. The third kappa shape index (κ3) is 4.04. The third-order valence-electron chi connectivity index (χ3n) is 4.71. The van der Waals surface area contributed by atoms with E-state index in [1.165, 1.54) is 11.3 Å². The molecule has 0 saturated carbocycles. The van der Waals surface area contributed by atoms with Gasteiger partial charge < -0.3 is 16.0 Å². The molecule has 6 nitrogen and oxygen atoms in total. The average Bonchev–Trinajstić information content (AvgIpc) is 3.17. The third-order valence-corrected chi connectivity index (χ3v) is 5.81. The first-order valence-electron chi connectivity index (χ1n) is 8.73. The molecular weight excluding hydrogens is 348 g/mol. The molecule has 1 aromatic carbocycles. The molecular formula is C19H24N4O2S. The van der Waals surface area contributed by atoms with Crippen LogP contribution in [-0.4, -0.2) is 29.9 Å². The zero-order valence-corrected chi connectivity index (χ0v) is 15.9. The number of carbonyl (C=O) groups excluding carboxylic acids is 2. The number of nitrogens with zero attached hydrogens (tertiary/aromatic N) is 2. The zero-order valence-electron chi connectivity index (χ0n) is 15.1. The topological polar surface area (TPSA) is 88.3 Å². The van der Waals surface area contributed by atoms with E-state index in [0.29, 0.717) is 12.1 Å². The Kier molecular flexibility index (Phi) is 5.27. The SMILES string of the molecule is CC(C)(NC(=O)c1ccc(N2CCCC(C(N)=O)C2)cc1)c1nccs1. The minimum Gasteiger partial charge on any atom is -0.371 e. The molecule has 0 bridgehead atoms. The summed E-state index contributed by atoms with van der Waals surface area (Å²) < 4.78 is 0. The van der Waals surface area contributed by atoms with Gasteiger partial charge in [-0.05, 0) is 51.0 Å². The summed E-state index contributed by atoms with van der Waals surface area (Å²) in [7, 11) is 0. The molecule has 2 aromatic rings. The van der Waals surface area contributed by atoms with Gasteiger partial charge in [0, 0.05) is 35.9 Å². The molecule has 26 heavy (non-hydrogen) atoms. The van der Waals surface area contributed by atoms with Gasteiger partial charge in [-0.25, -0.2) is 4.98 Å². The number of thiazole rings is 1. The van der Waals surface area contributed by atoms with Gasteiger partial charge in [-0.3, -0.25) is 9.59 Å². The number of benzene rings is 1. The molecule has 1 unspecified atom stereocenters. The molecule has 1 aliphatic rings. The fraction of sp³-hybridized carbons (Fsp3) is 0.421. The fourth-order valence-corrected chi connectivity index (χ4v) is 3.93. The van der Waals surface area contributed by atoms with Gasteiger partial charge in [-0.1, -0.05) is 0 Å². The number of amides is 2. The van der Waals surface area contributed by atoms with E-state index >= 15 is 0 Å². The summed E-state index contributed by atoms with van der Waals surface area (Å²) in [6.07, 6.45) is 3.52. The van der Waals surface area contributed by atoms with Crippen molar-refractivity contribution in [3.05, 3.63) is 46.4 Å². The van der Waals surface area contributed by atoms with Crippen molar-refractivity contribution in [1.82, 2.24) is 10.3 Å². The van der Waals surface area contributed by atoms with Gasteiger partial charge >= 0.3 is 0 Å². The number of nitrogens with one attached hydrogen (secondary N) is 1. The van der Waals surface area contributed by atoms with E-state index in [9.17, 15) is 9.59 Å². The first kappa shape index (κ1) is 18.4. The first-order chi connectivity index (χ1) is 12.4. The minimum absolute atomic E-state index is 0.106. The van der Waals surface area contributed by atoms with E-state index in [0.717, 1.165) is 30.1 Å². The summed E-state index contributed by atoms with van der Waals surface area (Å²) in [5, 5.41) is 5.80. The molecule has 2 heterocycles. The number of anilines is 1. The van der Waals surface area contributed by atoms with Gasteiger partial charge in [-0.15, -0.1) is 11.3 Å². The van der Waals surface area contributed by atoms with Gasteiger partial charge in [0.2, 0.25) is 5.91 Å². The molecule has 1 aromatic heterocycles. The summed E-state index contributed by atoms with van der Waals surface area (Å²) in [5.74, 6) is -0.480. The zero-order chi connectivity index (χ0) is 18.7. The summed E-state index contributed by atoms with van der Waals surface area (Å²) in [6.45, 7) is 5.41. The van der Waals surface area contributed by atoms with Crippen molar-refractivity contribution in [3.63, 3.8) is 0 Å². The Morgan fingerprint density at radius 1 is 1.31 bits per heavy atom. The van der Waals surface area contributed by atoms with E-state index in [1.54, 1.807) is 6.20 Å². The number of aromatic nitrogens is 1. The highest BCUT2D eigenvalue weighted by Crippen LogP contribution is 2.25. The van der Waals surface area contributed by atoms with Crippen LogP contribution in [0.5, 0.6) is 0 Å². The minimum atomic E-state index is -0.522. The van der Waals surface area contributed by atoms with Crippen LogP contribution in [-0.2, 0) is 10.3 Å². The lowest BCUT2D eigenvalue weighted by Gasteiger charge is -2.33. The Balaban J connectivity index is 1.67. The molecule has 3 rings (SSSR count). The van der Waals surface area contributed by atoms with Crippen LogP contribution in [0.25, 0.3) is 0 Å². The number of carbonyl (C=O) groups is 2. The van der Waals surface area contributed by atoms with Crippen molar-refractivity contribution in [2.24, 2.45) is 11.7 Å². The number of rotatable bonds is 5. The summed E-state index contributed by atoms with van der Waals surface area (Å²) in [5.41, 5.74) is 6.53. The lowest BCUT2D eigenvalue weighted by atomic mass is 9.97. The van der Waals surface area contributed by atoms with Crippen molar-refractivity contribution in [1.29, 1.82) is 0 Å². The molecule has 1 aliphatic heterocycles. The Labute approximate surface area is 157 Å². The smallest absolute Gasteiger partial charge is 0.252 e. The molecule has 1 atom stereocenters. The Bertz CT molecular complexity index is 771. The van der Waals surface area contributed by atoms with Crippen molar-refractivity contribution in [3.8, 4) is 0 Å². The van der Waals surface area contributed by atoms with Crippen LogP contribution >= 0.6 is 11.3 Å². The Morgan fingerprint density at radius 2 is 2.04 bits per heavy atom. The maximum absolute atomic E-state index is 12.6. The second-order valence-electron chi connectivity index (χ2n) is 7.15. The van der Waals surface area contributed by atoms with Gasteiger partial charge in [0.05, 0.1) is 11.5 Å². The van der Waals surface area contributed by atoms with Gasteiger partial charge in [0.25, 0.3) is 5.91 Å². The number of hydrogen-bond acceptors (Lipinski definition) is 5. The van der Waals surface area contributed by atoms with Crippen molar-refractivity contribution >= 4 is 28.8 Å². The first-order valence-corrected chi connectivity index (χ1v) is 9.61. The average molecular weight is 372 g/mol. The number of hydrogen-bond donors (Lipinski definition) is 2. The van der Waals surface area contributed by atoms with E-state index in [4.69, 9.17) is 5.73 Å². The monoisotopic (exact) mass is 372 g/mol.